The van der Waals surface area contributed by atoms with Gasteiger partial charge in [-0.3, -0.25) is 14.3 Å². The van der Waals surface area contributed by atoms with Crippen molar-refractivity contribution in [3.63, 3.8) is 0 Å². The number of hydrogen-bond donors (Lipinski definition) is 2. The molecule has 0 spiro atoms. The van der Waals surface area contributed by atoms with E-state index in [0.717, 1.165) is 22.9 Å². The number of hydrogen-bond acceptors (Lipinski definition) is 5. The van der Waals surface area contributed by atoms with E-state index in [9.17, 15) is 9.59 Å². The zero-order valence-electron chi connectivity index (χ0n) is 20.1. The summed E-state index contributed by atoms with van der Waals surface area (Å²) < 4.78 is 4.18. The average molecular weight is 531 g/mol. The topological polar surface area (TPSA) is 97.1 Å². The number of aryl methyl sites for hydroxylation is 2. The lowest BCUT2D eigenvalue weighted by atomic mass is 10.1. The SMILES string of the molecule is CCCCCCCCCCCCn1c(NN=Cc2ccc(Br)cc2)nc2c1c(=O)[nH]c(=O)n2C. The first kappa shape index (κ1) is 25.9. The fraction of sp³-hybridized carbons (Fsp3) is 0.520. The maximum absolute atomic E-state index is 12.6. The van der Waals surface area contributed by atoms with Crippen LogP contribution in [0.1, 0.15) is 76.7 Å². The van der Waals surface area contributed by atoms with Gasteiger partial charge >= 0.3 is 5.69 Å². The van der Waals surface area contributed by atoms with Crippen LogP contribution in [0.5, 0.6) is 0 Å². The molecule has 0 unspecified atom stereocenters. The Morgan fingerprint density at radius 3 is 2.26 bits per heavy atom. The van der Waals surface area contributed by atoms with E-state index >= 15 is 0 Å². The van der Waals surface area contributed by atoms with Crippen molar-refractivity contribution in [1.29, 1.82) is 0 Å². The third-order valence-electron chi connectivity index (χ3n) is 5.99. The molecule has 0 bridgehead atoms. The molecule has 0 amide bonds. The summed E-state index contributed by atoms with van der Waals surface area (Å²) in [6.45, 7) is 2.87. The number of nitrogens with zero attached hydrogens (tertiary/aromatic N) is 4. The lowest BCUT2D eigenvalue weighted by Crippen LogP contribution is -2.29. The molecule has 0 atom stereocenters. The molecule has 3 aromatic rings. The number of aromatic nitrogens is 4. The maximum atomic E-state index is 12.6. The van der Waals surface area contributed by atoms with Crippen LogP contribution in [0.15, 0.2) is 43.4 Å². The molecule has 9 heteroatoms. The van der Waals surface area contributed by atoms with E-state index in [1.54, 1.807) is 13.3 Å². The predicted octanol–water partition coefficient (Wildman–Crippen LogP) is 5.55. The van der Waals surface area contributed by atoms with Crippen LogP contribution in [0.3, 0.4) is 0 Å². The van der Waals surface area contributed by atoms with E-state index in [-0.39, 0.29) is 0 Å². The number of aromatic amines is 1. The lowest BCUT2D eigenvalue weighted by molar-refractivity contribution is 0.538. The van der Waals surface area contributed by atoms with Crippen molar-refractivity contribution in [1.82, 2.24) is 19.1 Å². The molecule has 0 aliphatic carbocycles. The summed E-state index contributed by atoms with van der Waals surface area (Å²) in [5, 5.41) is 4.31. The normalized spacial score (nSPS) is 11.6. The van der Waals surface area contributed by atoms with E-state index in [0.29, 0.717) is 23.7 Å². The number of imidazole rings is 1. The molecule has 8 nitrogen and oxygen atoms in total. The highest BCUT2D eigenvalue weighted by Crippen LogP contribution is 2.18. The second-order valence-corrected chi connectivity index (χ2v) is 9.60. The van der Waals surface area contributed by atoms with Crippen LogP contribution in [-0.2, 0) is 13.6 Å². The van der Waals surface area contributed by atoms with Crippen molar-refractivity contribution in [2.45, 2.75) is 77.7 Å². The summed E-state index contributed by atoms with van der Waals surface area (Å²) >= 11 is 3.42. The highest BCUT2D eigenvalue weighted by atomic mass is 79.9. The minimum Gasteiger partial charge on any atom is -0.303 e. The number of rotatable bonds is 14. The Labute approximate surface area is 208 Å². The molecule has 3 rings (SSSR count). The Hall–Kier alpha value is -2.68. The summed E-state index contributed by atoms with van der Waals surface area (Å²) in [5.74, 6) is 0.450. The Morgan fingerprint density at radius 1 is 1.00 bits per heavy atom. The van der Waals surface area contributed by atoms with Gasteiger partial charge in [-0.25, -0.2) is 10.2 Å². The van der Waals surface area contributed by atoms with Gasteiger partial charge in [-0.2, -0.15) is 10.1 Å². The van der Waals surface area contributed by atoms with Gasteiger partial charge in [-0.15, -0.1) is 0 Å². The maximum Gasteiger partial charge on any atom is 0.329 e. The van der Waals surface area contributed by atoms with E-state index in [1.165, 1.54) is 55.9 Å². The summed E-state index contributed by atoms with van der Waals surface area (Å²) in [4.78, 5) is 31.5. The van der Waals surface area contributed by atoms with Gasteiger partial charge in [-0.1, -0.05) is 92.8 Å². The van der Waals surface area contributed by atoms with Gasteiger partial charge in [0.1, 0.15) is 0 Å². The zero-order chi connectivity index (χ0) is 24.3. The van der Waals surface area contributed by atoms with Crippen LogP contribution in [0.2, 0.25) is 0 Å². The first-order chi connectivity index (χ1) is 16.5. The second kappa shape index (κ2) is 13.3. The van der Waals surface area contributed by atoms with E-state index in [2.05, 4.69) is 43.3 Å². The molecule has 1 aromatic carbocycles. The van der Waals surface area contributed by atoms with Gasteiger partial charge in [0, 0.05) is 18.1 Å². The standard InChI is InChI=1S/C25H35BrN6O2/c1-3-4-5-6-7-8-9-10-11-12-17-32-21-22(31(2)25(34)29-23(21)33)28-24(32)30-27-18-19-13-15-20(26)16-14-19/h13-16,18H,3-12,17H2,1-2H3,(H,28,30)(H,29,33,34). The summed E-state index contributed by atoms with van der Waals surface area (Å²) in [5.41, 5.74) is 3.72. The fourth-order valence-corrected chi connectivity index (χ4v) is 4.27. The summed E-state index contributed by atoms with van der Waals surface area (Å²) in [6.07, 6.45) is 14.0. The zero-order valence-corrected chi connectivity index (χ0v) is 21.7. The van der Waals surface area contributed by atoms with Crippen LogP contribution in [0, 0.1) is 0 Å². The molecule has 34 heavy (non-hydrogen) atoms. The highest BCUT2D eigenvalue weighted by molar-refractivity contribution is 9.10. The molecular weight excluding hydrogens is 496 g/mol. The molecule has 0 aliphatic rings. The minimum atomic E-state index is -0.481. The van der Waals surface area contributed by atoms with Gasteiger partial charge in [0.05, 0.1) is 6.21 Å². The monoisotopic (exact) mass is 530 g/mol. The average Bonchev–Trinajstić information content (AvgIpc) is 3.19. The number of benzene rings is 1. The number of H-pyrrole nitrogens is 1. The molecule has 0 radical (unpaired) electrons. The van der Waals surface area contributed by atoms with Gasteiger partial charge in [0.2, 0.25) is 5.95 Å². The molecule has 2 N–H and O–H groups in total. The molecule has 0 aliphatic heterocycles. The highest BCUT2D eigenvalue weighted by Gasteiger charge is 2.16. The number of nitrogens with one attached hydrogen (secondary N) is 2. The van der Waals surface area contributed by atoms with Crippen molar-refractivity contribution < 1.29 is 0 Å². The van der Waals surface area contributed by atoms with Gasteiger partial charge in [0.15, 0.2) is 11.2 Å². The number of halogens is 1. The smallest absolute Gasteiger partial charge is 0.303 e. The minimum absolute atomic E-state index is 0.349. The number of anilines is 1. The molecule has 0 fully saturated rings. The molecular formula is C25H35BrN6O2. The first-order valence-electron chi connectivity index (χ1n) is 12.3. The molecule has 0 saturated heterocycles. The number of unbranched alkanes of at least 4 members (excludes halogenated alkanes) is 9. The van der Waals surface area contributed by atoms with Crippen molar-refractivity contribution in [3.8, 4) is 0 Å². The van der Waals surface area contributed by atoms with Crippen LogP contribution in [0.4, 0.5) is 5.95 Å². The Bertz CT molecular complexity index is 1190. The van der Waals surface area contributed by atoms with Crippen molar-refractivity contribution in [2.75, 3.05) is 5.43 Å². The van der Waals surface area contributed by atoms with Crippen LogP contribution in [0.25, 0.3) is 11.2 Å². The lowest BCUT2D eigenvalue weighted by Gasteiger charge is -2.08. The Kier molecular flexibility index (Phi) is 10.1. The number of hydrazone groups is 1. The Balaban J connectivity index is 1.65. The summed E-state index contributed by atoms with van der Waals surface area (Å²) in [6, 6.07) is 7.77. The molecule has 2 heterocycles. The van der Waals surface area contributed by atoms with E-state index in [1.807, 2.05) is 28.8 Å². The molecule has 184 valence electrons. The third-order valence-corrected chi connectivity index (χ3v) is 6.52. The fourth-order valence-electron chi connectivity index (χ4n) is 4.01. The van der Waals surface area contributed by atoms with E-state index < -0.39 is 11.2 Å². The van der Waals surface area contributed by atoms with Crippen LogP contribution >= 0.6 is 15.9 Å². The van der Waals surface area contributed by atoms with Gasteiger partial charge in [0.25, 0.3) is 5.56 Å². The van der Waals surface area contributed by atoms with E-state index in [4.69, 9.17) is 0 Å². The molecule has 0 saturated carbocycles. The van der Waals surface area contributed by atoms with Crippen molar-refractivity contribution in [3.05, 3.63) is 55.1 Å². The quantitative estimate of drug-likeness (QED) is 0.162. The second-order valence-electron chi connectivity index (χ2n) is 8.68. The number of fused-ring (bicyclic) bond motifs is 1. The summed E-state index contributed by atoms with van der Waals surface area (Å²) in [7, 11) is 1.60. The predicted molar refractivity (Wildman–Crippen MR) is 143 cm³/mol. The Morgan fingerprint density at radius 2 is 1.62 bits per heavy atom. The van der Waals surface area contributed by atoms with Crippen molar-refractivity contribution >= 4 is 39.3 Å². The molecule has 2 aromatic heterocycles. The van der Waals surface area contributed by atoms with Gasteiger partial charge < -0.3 is 4.57 Å². The first-order valence-corrected chi connectivity index (χ1v) is 13.0. The van der Waals surface area contributed by atoms with Crippen molar-refractivity contribution in [2.24, 2.45) is 12.1 Å². The largest absolute Gasteiger partial charge is 0.329 e. The van der Waals surface area contributed by atoms with Crippen LogP contribution in [-0.4, -0.2) is 25.3 Å². The van der Waals surface area contributed by atoms with Gasteiger partial charge in [-0.05, 0) is 24.1 Å². The van der Waals surface area contributed by atoms with Crippen LogP contribution < -0.4 is 16.7 Å². The third kappa shape index (κ3) is 7.16.